The fraction of sp³-hybridized carbons (Fsp3) is 0.214. The van der Waals surface area contributed by atoms with Gasteiger partial charge in [0.1, 0.15) is 5.82 Å². The predicted octanol–water partition coefficient (Wildman–Crippen LogP) is 2.20. The number of hydrogen-bond donors (Lipinski definition) is 1. The van der Waals surface area contributed by atoms with Crippen molar-refractivity contribution in [1.29, 1.82) is 0 Å². The van der Waals surface area contributed by atoms with Gasteiger partial charge in [0, 0.05) is 0 Å². The van der Waals surface area contributed by atoms with E-state index in [1.54, 1.807) is 0 Å². The fourth-order valence-corrected chi connectivity index (χ4v) is 2.73. The highest BCUT2D eigenvalue weighted by Crippen LogP contribution is 2.18. The van der Waals surface area contributed by atoms with Crippen LogP contribution in [-0.4, -0.2) is 25.8 Å². The molecule has 0 unspecified atom stereocenters. The van der Waals surface area contributed by atoms with Crippen molar-refractivity contribution in [2.24, 2.45) is 0 Å². The fourth-order valence-electron chi connectivity index (χ4n) is 2.18. The molecule has 0 atom stereocenters. The van der Waals surface area contributed by atoms with Gasteiger partial charge in [-0.25, -0.2) is 4.98 Å². The molecule has 102 valence electrons. The molecule has 0 aliphatic rings. The number of nitrogens with one attached hydrogen (secondary N) is 1. The summed E-state index contributed by atoms with van der Waals surface area (Å²) in [6.45, 7) is 2.48. The van der Waals surface area contributed by atoms with E-state index in [2.05, 4.69) is 15.0 Å². The molecule has 2 aromatic heterocycles. The second-order valence-electron chi connectivity index (χ2n) is 4.50. The molecule has 20 heavy (non-hydrogen) atoms. The summed E-state index contributed by atoms with van der Waals surface area (Å²) < 4.78 is 1.97. The van der Waals surface area contributed by atoms with E-state index in [4.69, 9.17) is 0 Å². The van der Waals surface area contributed by atoms with E-state index < -0.39 is 0 Å². The normalized spacial score (nSPS) is 11.1. The minimum atomic E-state index is -0.255. The molecule has 3 rings (SSSR count). The molecule has 0 spiro atoms. The minimum Gasteiger partial charge on any atom is -0.336 e. The number of thioether (sulfide) groups is 1. The Morgan fingerprint density at radius 3 is 2.70 bits per heavy atom. The Labute approximate surface area is 120 Å². The summed E-state index contributed by atoms with van der Waals surface area (Å²) >= 11 is 1.45. The number of aromatic nitrogens is 4. The van der Waals surface area contributed by atoms with Gasteiger partial charge in [-0.15, -0.1) is 0 Å². The lowest BCUT2D eigenvalue weighted by Crippen LogP contribution is -2.16. The van der Waals surface area contributed by atoms with Crippen LogP contribution in [0.5, 0.6) is 0 Å². The van der Waals surface area contributed by atoms with Gasteiger partial charge in [0.05, 0.1) is 6.54 Å². The van der Waals surface area contributed by atoms with Crippen molar-refractivity contribution in [2.45, 2.75) is 18.6 Å². The second-order valence-corrected chi connectivity index (χ2v) is 5.27. The summed E-state index contributed by atoms with van der Waals surface area (Å²) in [5.74, 6) is 0.721. The molecule has 1 aromatic carbocycles. The van der Waals surface area contributed by atoms with E-state index in [1.807, 2.05) is 48.1 Å². The Balaban J connectivity index is 2.22. The van der Waals surface area contributed by atoms with Crippen LogP contribution in [0.25, 0.3) is 11.2 Å². The smallest absolute Gasteiger partial charge is 0.299 e. The number of H-pyrrole nitrogens is 1. The van der Waals surface area contributed by atoms with E-state index in [0.717, 1.165) is 11.4 Å². The Morgan fingerprint density at radius 2 is 2.00 bits per heavy atom. The van der Waals surface area contributed by atoms with Crippen LogP contribution >= 0.6 is 11.8 Å². The molecule has 3 aromatic rings. The van der Waals surface area contributed by atoms with Crippen molar-refractivity contribution in [1.82, 2.24) is 19.5 Å². The highest BCUT2D eigenvalue weighted by atomic mass is 32.2. The van der Waals surface area contributed by atoms with E-state index >= 15 is 0 Å². The Kier molecular flexibility index (Phi) is 3.31. The maximum atomic E-state index is 12.0. The third kappa shape index (κ3) is 2.22. The first-order valence-electron chi connectivity index (χ1n) is 6.24. The molecule has 1 N–H and O–H groups in total. The number of rotatable bonds is 3. The van der Waals surface area contributed by atoms with Crippen LogP contribution in [0.1, 0.15) is 11.4 Å². The number of fused-ring (bicyclic) bond motifs is 1. The van der Waals surface area contributed by atoms with Crippen molar-refractivity contribution in [2.75, 3.05) is 6.26 Å². The third-order valence-electron chi connectivity index (χ3n) is 3.07. The molecule has 0 saturated carbocycles. The first-order chi connectivity index (χ1) is 9.69. The van der Waals surface area contributed by atoms with Crippen LogP contribution in [0.15, 0.2) is 40.3 Å². The first kappa shape index (κ1) is 12.9. The monoisotopic (exact) mass is 286 g/mol. The molecule has 0 aliphatic heterocycles. The second kappa shape index (κ2) is 5.13. The largest absolute Gasteiger partial charge is 0.336 e. The molecule has 0 bridgehead atoms. The molecule has 0 saturated heterocycles. The van der Waals surface area contributed by atoms with Crippen LogP contribution in [0.2, 0.25) is 0 Å². The van der Waals surface area contributed by atoms with Crippen LogP contribution in [0, 0.1) is 6.92 Å². The highest BCUT2D eigenvalue weighted by Gasteiger charge is 2.13. The van der Waals surface area contributed by atoms with Crippen molar-refractivity contribution >= 4 is 22.9 Å². The Morgan fingerprint density at radius 1 is 1.25 bits per heavy atom. The van der Waals surface area contributed by atoms with Gasteiger partial charge in [-0.05, 0) is 18.7 Å². The standard InChI is InChI=1S/C14H14N4OS/c1-9-15-11-12(16-9)18(14(20-2)17-13(11)19)8-10-6-4-3-5-7-10/h3-7H,8H2,1-2H3,(H,15,16). The lowest BCUT2D eigenvalue weighted by Gasteiger charge is -2.11. The number of aryl methyl sites for hydroxylation is 1. The van der Waals surface area contributed by atoms with Gasteiger partial charge in [0.15, 0.2) is 16.3 Å². The maximum absolute atomic E-state index is 12.0. The van der Waals surface area contributed by atoms with Gasteiger partial charge >= 0.3 is 0 Å². The summed E-state index contributed by atoms with van der Waals surface area (Å²) in [5.41, 5.74) is 2.02. The number of imidazole rings is 1. The SMILES string of the molecule is CSc1nc(=O)c2[nH]c(C)nc2n1Cc1ccccc1. The summed E-state index contributed by atoms with van der Waals surface area (Å²) in [4.78, 5) is 23.5. The zero-order valence-corrected chi connectivity index (χ0v) is 12.1. The predicted molar refractivity (Wildman–Crippen MR) is 80.2 cm³/mol. The first-order valence-corrected chi connectivity index (χ1v) is 7.46. The molecular weight excluding hydrogens is 272 g/mol. The van der Waals surface area contributed by atoms with E-state index in [1.165, 1.54) is 11.8 Å². The van der Waals surface area contributed by atoms with Gasteiger partial charge in [-0.1, -0.05) is 42.1 Å². The number of nitrogens with zero attached hydrogens (tertiary/aromatic N) is 3. The summed E-state index contributed by atoms with van der Waals surface area (Å²) in [7, 11) is 0. The lowest BCUT2D eigenvalue weighted by molar-refractivity contribution is 0.690. The molecule has 0 aliphatic carbocycles. The van der Waals surface area contributed by atoms with Gasteiger partial charge in [0.25, 0.3) is 5.56 Å². The lowest BCUT2D eigenvalue weighted by atomic mass is 10.2. The molecule has 0 radical (unpaired) electrons. The van der Waals surface area contributed by atoms with Crippen molar-refractivity contribution < 1.29 is 0 Å². The third-order valence-corrected chi connectivity index (χ3v) is 3.74. The summed E-state index contributed by atoms with van der Waals surface area (Å²) in [6.07, 6.45) is 1.91. The van der Waals surface area contributed by atoms with Crippen molar-refractivity contribution in [3.63, 3.8) is 0 Å². The van der Waals surface area contributed by atoms with Crippen LogP contribution < -0.4 is 5.56 Å². The van der Waals surface area contributed by atoms with Crippen LogP contribution in [0.4, 0.5) is 0 Å². The molecule has 5 nitrogen and oxygen atoms in total. The molecule has 6 heteroatoms. The van der Waals surface area contributed by atoms with Crippen LogP contribution in [-0.2, 0) is 6.54 Å². The Hall–Kier alpha value is -2.08. The van der Waals surface area contributed by atoms with E-state index in [0.29, 0.717) is 22.9 Å². The quantitative estimate of drug-likeness (QED) is 0.592. The number of hydrogen-bond acceptors (Lipinski definition) is 4. The molecule has 0 amide bonds. The highest BCUT2D eigenvalue weighted by molar-refractivity contribution is 7.98. The van der Waals surface area contributed by atoms with Crippen molar-refractivity contribution in [3.05, 3.63) is 52.1 Å². The molecule has 0 fully saturated rings. The van der Waals surface area contributed by atoms with Gasteiger partial charge in [0.2, 0.25) is 0 Å². The summed E-state index contributed by atoms with van der Waals surface area (Å²) in [6, 6.07) is 10.1. The molecule has 2 heterocycles. The topological polar surface area (TPSA) is 63.6 Å². The van der Waals surface area contributed by atoms with Gasteiger partial charge in [-0.2, -0.15) is 4.98 Å². The van der Waals surface area contributed by atoms with E-state index in [-0.39, 0.29) is 5.56 Å². The zero-order chi connectivity index (χ0) is 14.1. The van der Waals surface area contributed by atoms with Gasteiger partial charge in [-0.3, -0.25) is 9.36 Å². The van der Waals surface area contributed by atoms with Gasteiger partial charge < -0.3 is 4.98 Å². The minimum absolute atomic E-state index is 0.255. The van der Waals surface area contributed by atoms with E-state index in [9.17, 15) is 4.79 Å². The number of benzene rings is 1. The van der Waals surface area contributed by atoms with Crippen molar-refractivity contribution in [3.8, 4) is 0 Å². The zero-order valence-electron chi connectivity index (χ0n) is 11.3. The van der Waals surface area contributed by atoms with Crippen LogP contribution in [0.3, 0.4) is 0 Å². The maximum Gasteiger partial charge on any atom is 0.299 e. The molecular formula is C14H14N4OS. The average Bonchev–Trinajstić information content (AvgIpc) is 2.85. The average molecular weight is 286 g/mol. The summed E-state index contributed by atoms with van der Waals surface area (Å²) in [5, 5.41) is 0.679. The number of aromatic amines is 1. The Bertz CT molecular complexity index is 807.